The number of hydrogen-bond donors (Lipinski definition) is 2. The van der Waals surface area contributed by atoms with Crippen molar-refractivity contribution < 1.29 is 19.4 Å². The third-order valence-corrected chi connectivity index (χ3v) is 7.40. The molecule has 4 rings (SSSR count). The Balaban J connectivity index is 1.83. The molecule has 1 heterocycles. The fourth-order valence-electron chi connectivity index (χ4n) is 4.06. The van der Waals surface area contributed by atoms with E-state index in [4.69, 9.17) is 27.9 Å². The summed E-state index contributed by atoms with van der Waals surface area (Å²) in [5.74, 6) is -0.255. The SMILES string of the molecule is COc1ccc(N(C(=O)c2nsc(Cl)c2Cl)[C@H](C(=O)NC2CCCC2)c2ccc(O)cc2)cc1. The summed E-state index contributed by atoms with van der Waals surface area (Å²) in [5, 5.41) is 12.9. The van der Waals surface area contributed by atoms with Crippen LogP contribution in [0.1, 0.15) is 47.8 Å². The van der Waals surface area contributed by atoms with Crippen molar-refractivity contribution in [2.45, 2.75) is 37.8 Å². The molecule has 178 valence electrons. The van der Waals surface area contributed by atoms with E-state index < -0.39 is 11.9 Å². The van der Waals surface area contributed by atoms with Crippen molar-refractivity contribution in [2.75, 3.05) is 12.0 Å². The number of rotatable bonds is 7. The van der Waals surface area contributed by atoms with Gasteiger partial charge in [0.2, 0.25) is 5.91 Å². The van der Waals surface area contributed by atoms with Crippen molar-refractivity contribution in [3.63, 3.8) is 0 Å². The van der Waals surface area contributed by atoms with E-state index in [2.05, 4.69) is 9.69 Å². The van der Waals surface area contributed by atoms with E-state index in [0.717, 1.165) is 37.2 Å². The minimum absolute atomic E-state index is 0.0371. The maximum absolute atomic E-state index is 13.8. The second kappa shape index (κ2) is 10.6. The highest BCUT2D eigenvalue weighted by Gasteiger charge is 2.36. The smallest absolute Gasteiger partial charge is 0.280 e. The first-order chi connectivity index (χ1) is 16.4. The quantitative estimate of drug-likeness (QED) is 0.423. The van der Waals surface area contributed by atoms with Gasteiger partial charge in [0.25, 0.3) is 5.91 Å². The van der Waals surface area contributed by atoms with Crippen molar-refractivity contribution >= 4 is 52.2 Å². The Hall–Kier alpha value is -2.81. The maximum atomic E-state index is 13.8. The fourth-order valence-corrected chi connectivity index (χ4v) is 5.04. The van der Waals surface area contributed by atoms with E-state index in [1.54, 1.807) is 43.5 Å². The van der Waals surface area contributed by atoms with E-state index >= 15 is 0 Å². The number of nitrogens with one attached hydrogen (secondary N) is 1. The summed E-state index contributed by atoms with van der Waals surface area (Å²) in [6, 6.07) is 12.0. The number of anilines is 1. The molecule has 0 unspecified atom stereocenters. The molecule has 10 heteroatoms. The molecule has 34 heavy (non-hydrogen) atoms. The Morgan fingerprint density at radius 3 is 2.32 bits per heavy atom. The second-order valence-electron chi connectivity index (χ2n) is 7.98. The average Bonchev–Trinajstić information content (AvgIpc) is 3.47. The summed E-state index contributed by atoms with van der Waals surface area (Å²) in [6.45, 7) is 0. The van der Waals surface area contributed by atoms with Gasteiger partial charge in [-0.25, -0.2) is 0 Å². The average molecular weight is 520 g/mol. The molecule has 1 atom stereocenters. The molecule has 3 aromatic rings. The summed E-state index contributed by atoms with van der Waals surface area (Å²) in [7, 11) is 1.54. The Bertz CT molecular complexity index is 1160. The van der Waals surface area contributed by atoms with E-state index in [-0.39, 0.29) is 32.8 Å². The van der Waals surface area contributed by atoms with Crippen LogP contribution in [0.4, 0.5) is 5.69 Å². The van der Waals surface area contributed by atoms with Gasteiger partial charge in [-0.1, -0.05) is 48.2 Å². The summed E-state index contributed by atoms with van der Waals surface area (Å²) >= 11 is 13.3. The number of phenolic OH excluding ortho intramolecular Hbond substituents is 1. The number of benzene rings is 2. The molecule has 2 N–H and O–H groups in total. The fraction of sp³-hybridized carbons (Fsp3) is 0.292. The van der Waals surface area contributed by atoms with Crippen molar-refractivity contribution in [3.05, 3.63) is 69.1 Å². The first kappa shape index (κ1) is 24.3. The van der Waals surface area contributed by atoms with Crippen molar-refractivity contribution in [1.29, 1.82) is 0 Å². The van der Waals surface area contributed by atoms with Crippen LogP contribution in [-0.2, 0) is 4.79 Å². The number of aromatic nitrogens is 1. The highest BCUT2D eigenvalue weighted by atomic mass is 35.5. The van der Waals surface area contributed by atoms with Crippen LogP contribution in [0.25, 0.3) is 0 Å². The Morgan fingerprint density at radius 1 is 1.12 bits per heavy atom. The zero-order chi connectivity index (χ0) is 24.2. The Kier molecular flexibility index (Phi) is 7.60. The minimum atomic E-state index is -1.04. The highest BCUT2D eigenvalue weighted by Crippen LogP contribution is 2.36. The van der Waals surface area contributed by atoms with Crippen LogP contribution < -0.4 is 15.0 Å². The lowest BCUT2D eigenvalue weighted by Gasteiger charge is -2.32. The monoisotopic (exact) mass is 519 g/mol. The van der Waals surface area contributed by atoms with Gasteiger partial charge in [-0.3, -0.25) is 14.5 Å². The number of amides is 2. The van der Waals surface area contributed by atoms with Gasteiger partial charge < -0.3 is 15.2 Å². The molecule has 1 aromatic heterocycles. The number of methoxy groups -OCH3 is 1. The van der Waals surface area contributed by atoms with E-state index in [1.165, 1.54) is 17.0 Å². The highest BCUT2D eigenvalue weighted by molar-refractivity contribution is 7.11. The standard InChI is InChI=1S/C24H23Cl2N3O4S/c1-33-18-12-8-16(9-13-18)29(24(32)20-19(25)22(26)34-28-20)21(14-6-10-17(30)11-7-14)23(31)27-15-4-2-3-5-15/h6-13,15,21,30H,2-5H2,1H3,(H,27,31)/t21-/m0/s1. The van der Waals surface area contributed by atoms with Gasteiger partial charge in [-0.15, -0.1) is 0 Å². The molecular weight excluding hydrogens is 497 g/mol. The van der Waals surface area contributed by atoms with Crippen LogP contribution in [0.2, 0.25) is 9.36 Å². The lowest BCUT2D eigenvalue weighted by Crippen LogP contribution is -2.46. The molecular formula is C24H23Cl2N3O4S. The van der Waals surface area contributed by atoms with E-state index in [0.29, 0.717) is 17.0 Å². The number of nitrogens with zero attached hydrogens (tertiary/aromatic N) is 2. The number of halogens is 2. The summed E-state index contributed by atoms with van der Waals surface area (Å²) in [6.07, 6.45) is 3.86. The van der Waals surface area contributed by atoms with Crippen molar-refractivity contribution in [3.8, 4) is 11.5 Å². The lowest BCUT2D eigenvalue weighted by molar-refractivity contribution is -0.123. The molecule has 2 amide bonds. The number of phenols is 1. The molecule has 1 aliphatic rings. The molecule has 1 fully saturated rings. The zero-order valence-corrected chi connectivity index (χ0v) is 20.7. The van der Waals surface area contributed by atoms with E-state index in [1.807, 2.05) is 0 Å². The molecule has 0 saturated heterocycles. The van der Waals surface area contributed by atoms with Gasteiger partial charge in [-0.05, 0) is 66.3 Å². The topological polar surface area (TPSA) is 91.8 Å². The van der Waals surface area contributed by atoms with Crippen LogP contribution in [0.3, 0.4) is 0 Å². The third kappa shape index (κ3) is 5.14. The van der Waals surface area contributed by atoms with E-state index in [9.17, 15) is 14.7 Å². The summed E-state index contributed by atoms with van der Waals surface area (Å²) in [4.78, 5) is 28.9. The van der Waals surface area contributed by atoms with Crippen LogP contribution in [-0.4, -0.2) is 34.4 Å². The first-order valence-electron chi connectivity index (χ1n) is 10.8. The third-order valence-electron chi connectivity index (χ3n) is 5.79. The number of carbonyl (C=O) groups excluding carboxylic acids is 2. The molecule has 7 nitrogen and oxygen atoms in total. The van der Waals surface area contributed by atoms with Gasteiger partial charge in [-0.2, -0.15) is 4.37 Å². The second-order valence-corrected chi connectivity index (χ2v) is 9.73. The molecule has 1 aliphatic carbocycles. The van der Waals surface area contributed by atoms with Crippen molar-refractivity contribution in [2.24, 2.45) is 0 Å². The Labute approximate surface area is 211 Å². The number of hydrogen-bond acceptors (Lipinski definition) is 6. The zero-order valence-electron chi connectivity index (χ0n) is 18.3. The first-order valence-corrected chi connectivity index (χ1v) is 12.3. The summed E-state index contributed by atoms with van der Waals surface area (Å²) < 4.78 is 9.58. The van der Waals surface area contributed by atoms with Gasteiger partial charge in [0.05, 0.1) is 7.11 Å². The predicted octanol–water partition coefficient (Wildman–Crippen LogP) is 5.61. The van der Waals surface area contributed by atoms with Crippen LogP contribution in [0.15, 0.2) is 48.5 Å². The van der Waals surface area contributed by atoms with Crippen LogP contribution in [0, 0.1) is 0 Å². The lowest BCUT2D eigenvalue weighted by atomic mass is 10.0. The number of ether oxygens (including phenoxy) is 1. The predicted molar refractivity (Wildman–Crippen MR) is 133 cm³/mol. The normalized spacial score (nSPS) is 14.6. The largest absolute Gasteiger partial charge is 0.508 e. The minimum Gasteiger partial charge on any atom is -0.508 e. The molecule has 0 bridgehead atoms. The molecule has 2 aromatic carbocycles. The summed E-state index contributed by atoms with van der Waals surface area (Å²) in [5.41, 5.74) is 0.936. The molecule has 1 saturated carbocycles. The van der Waals surface area contributed by atoms with Gasteiger partial charge in [0, 0.05) is 11.7 Å². The molecule has 0 spiro atoms. The van der Waals surface area contributed by atoms with Crippen LogP contribution in [0.5, 0.6) is 11.5 Å². The molecule has 0 aliphatic heterocycles. The van der Waals surface area contributed by atoms with Crippen LogP contribution >= 0.6 is 34.7 Å². The number of carbonyl (C=O) groups is 2. The maximum Gasteiger partial charge on any atom is 0.280 e. The van der Waals surface area contributed by atoms with Gasteiger partial charge >= 0.3 is 0 Å². The Morgan fingerprint density at radius 2 is 1.76 bits per heavy atom. The molecule has 0 radical (unpaired) electrons. The van der Waals surface area contributed by atoms with Crippen molar-refractivity contribution in [1.82, 2.24) is 9.69 Å². The van der Waals surface area contributed by atoms with Gasteiger partial charge in [0.1, 0.15) is 26.9 Å². The van der Waals surface area contributed by atoms with Gasteiger partial charge in [0.15, 0.2) is 5.69 Å². The number of aromatic hydroxyl groups is 1.